The molecule has 26 heavy (non-hydrogen) atoms. The number of nitrogens with zero attached hydrogens (tertiary/aromatic N) is 2. The second-order valence-corrected chi connectivity index (χ2v) is 7.22. The first-order valence-corrected chi connectivity index (χ1v) is 9.42. The Morgan fingerprint density at radius 1 is 0.962 bits per heavy atom. The van der Waals surface area contributed by atoms with Crippen LogP contribution in [-0.2, 0) is 10.0 Å². The van der Waals surface area contributed by atoms with Gasteiger partial charge in [-0.3, -0.25) is 4.72 Å². The maximum atomic E-state index is 11.2. The van der Waals surface area contributed by atoms with Crippen molar-refractivity contribution in [2.45, 2.75) is 0 Å². The number of methoxy groups -OCH3 is 2. The van der Waals surface area contributed by atoms with E-state index in [1.165, 1.54) is 0 Å². The highest BCUT2D eigenvalue weighted by molar-refractivity contribution is 7.92. The number of hydrogen-bond donors (Lipinski definition) is 1. The minimum absolute atomic E-state index is 0.315. The molecule has 0 aliphatic carbocycles. The van der Waals surface area contributed by atoms with Gasteiger partial charge in [-0.05, 0) is 36.4 Å². The van der Waals surface area contributed by atoms with Crippen LogP contribution >= 0.6 is 0 Å². The summed E-state index contributed by atoms with van der Waals surface area (Å²) in [5.74, 6) is 1.91. The first-order valence-electron chi connectivity index (χ1n) is 7.53. The SMILES string of the molecule is COc1cc(OC)cc(-c2nc(-c3ccc(NS(C)(=O)=O)cc3)no2)c1. The number of aromatic nitrogens is 2. The summed E-state index contributed by atoms with van der Waals surface area (Å²) in [4.78, 5) is 4.38. The zero-order valence-corrected chi connectivity index (χ0v) is 15.2. The van der Waals surface area contributed by atoms with E-state index in [0.29, 0.717) is 40.0 Å². The zero-order chi connectivity index (χ0) is 18.7. The van der Waals surface area contributed by atoms with Gasteiger partial charge in [-0.15, -0.1) is 0 Å². The molecule has 0 amide bonds. The van der Waals surface area contributed by atoms with Crippen molar-refractivity contribution in [1.82, 2.24) is 10.1 Å². The van der Waals surface area contributed by atoms with Crippen molar-refractivity contribution in [1.29, 1.82) is 0 Å². The van der Waals surface area contributed by atoms with E-state index >= 15 is 0 Å². The Bertz CT molecular complexity index is 991. The van der Waals surface area contributed by atoms with E-state index < -0.39 is 10.0 Å². The molecule has 0 bridgehead atoms. The average molecular weight is 375 g/mol. The Morgan fingerprint density at radius 3 is 2.12 bits per heavy atom. The second-order valence-electron chi connectivity index (χ2n) is 5.48. The highest BCUT2D eigenvalue weighted by Gasteiger charge is 2.13. The van der Waals surface area contributed by atoms with Crippen molar-refractivity contribution in [2.24, 2.45) is 0 Å². The van der Waals surface area contributed by atoms with E-state index in [0.717, 1.165) is 6.26 Å². The Morgan fingerprint density at radius 2 is 1.58 bits per heavy atom. The van der Waals surface area contributed by atoms with Gasteiger partial charge in [0.1, 0.15) is 11.5 Å². The van der Waals surface area contributed by atoms with E-state index in [4.69, 9.17) is 14.0 Å². The highest BCUT2D eigenvalue weighted by atomic mass is 32.2. The van der Waals surface area contributed by atoms with Crippen molar-refractivity contribution < 1.29 is 22.4 Å². The summed E-state index contributed by atoms with van der Waals surface area (Å²) in [5, 5.41) is 3.97. The number of sulfonamides is 1. The summed E-state index contributed by atoms with van der Waals surface area (Å²) >= 11 is 0. The maximum absolute atomic E-state index is 11.2. The lowest BCUT2D eigenvalue weighted by Crippen LogP contribution is -2.09. The minimum Gasteiger partial charge on any atom is -0.497 e. The molecule has 1 N–H and O–H groups in total. The van der Waals surface area contributed by atoms with Gasteiger partial charge in [0.2, 0.25) is 15.8 Å². The summed E-state index contributed by atoms with van der Waals surface area (Å²) in [6, 6.07) is 11.9. The average Bonchev–Trinajstić information content (AvgIpc) is 3.10. The number of anilines is 1. The molecule has 8 nitrogen and oxygen atoms in total. The fraction of sp³-hybridized carbons (Fsp3) is 0.176. The molecule has 3 rings (SSSR count). The molecule has 0 radical (unpaired) electrons. The smallest absolute Gasteiger partial charge is 0.258 e. The molecule has 9 heteroatoms. The molecule has 136 valence electrons. The van der Waals surface area contributed by atoms with E-state index in [9.17, 15) is 8.42 Å². The summed E-state index contributed by atoms with van der Waals surface area (Å²) in [6.07, 6.45) is 1.09. The molecular weight excluding hydrogens is 358 g/mol. The number of nitrogens with one attached hydrogen (secondary N) is 1. The molecule has 0 unspecified atom stereocenters. The monoisotopic (exact) mass is 375 g/mol. The largest absolute Gasteiger partial charge is 0.497 e. The molecule has 3 aromatic rings. The predicted molar refractivity (Wildman–Crippen MR) is 96.7 cm³/mol. The number of benzene rings is 2. The fourth-order valence-corrected chi connectivity index (χ4v) is 2.85. The van der Waals surface area contributed by atoms with Crippen LogP contribution in [0.5, 0.6) is 11.5 Å². The van der Waals surface area contributed by atoms with Gasteiger partial charge in [-0.2, -0.15) is 4.98 Å². The molecule has 0 atom stereocenters. The van der Waals surface area contributed by atoms with E-state index in [-0.39, 0.29) is 0 Å². The number of rotatable bonds is 6. The molecule has 2 aromatic carbocycles. The van der Waals surface area contributed by atoms with Gasteiger partial charge in [0, 0.05) is 22.9 Å². The van der Waals surface area contributed by atoms with Crippen LogP contribution in [0.15, 0.2) is 47.0 Å². The van der Waals surface area contributed by atoms with Crippen LogP contribution in [0.2, 0.25) is 0 Å². The third-order valence-corrected chi connectivity index (χ3v) is 4.08. The molecular formula is C17H17N3O5S. The summed E-state index contributed by atoms with van der Waals surface area (Å²) in [6.45, 7) is 0. The lowest BCUT2D eigenvalue weighted by atomic mass is 10.2. The lowest BCUT2D eigenvalue weighted by Gasteiger charge is -2.05. The Labute approximate surface area is 150 Å². The van der Waals surface area contributed by atoms with Gasteiger partial charge in [-0.1, -0.05) is 5.16 Å². The molecule has 1 heterocycles. The Kier molecular flexibility index (Phi) is 4.81. The highest BCUT2D eigenvalue weighted by Crippen LogP contribution is 2.30. The minimum atomic E-state index is -3.32. The maximum Gasteiger partial charge on any atom is 0.258 e. The Hall–Kier alpha value is -3.07. The van der Waals surface area contributed by atoms with E-state index in [1.54, 1.807) is 56.7 Å². The predicted octanol–water partition coefficient (Wildman–Crippen LogP) is 2.79. The van der Waals surface area contributed by atoms with Gasteiger partial charge in [0.15, 0.2) is 0 Å². The van der Waals surface area contributed by atoms with Crippen molar-refractivity contribution in [3.8, 4) is 34.3 Å². The Balaban J connectivity index is 1.88. The molecule has 0 fully saturated rings. The quantitative estimate of drug-likeness (QED) is 0.706. The molecule has 0 aliphatic heterocycles. The van der Waals surface area contributed by atoms with Gasteiger partial charge >= 0.3 is 0 Å². The van der Waals surface area contributed by atoms with Crippen molar-refractivity contribution >= 4 is 15.7 Å². The fourth-order valence-electron chi connectivity index (χ4n) is 2.29. The van der Waals surface area contributed by atoms with Crippen LogP contribution in [0, 0.1) is 0 Å². The van der Waals surface area contributed by atoms with Crippen molar-refractivity contribution in [3.63, 3.8) is 0 Å². The van der Waals surface area contributed by atoms with E-state index in [1.807, 2.05) is 0 Å². The summed E-state index contributed by atoms with van der Waals surface area (Å²) in [7, 11) is -0.205. The summed E-state index contributed by atoms with van der Waals surface area (Å²) < 4.78 is 40.7. The molecule has 0 spiro atoms. The van der Waals surface area contributed by atoms with Crippen molar-refractivity contribution in [2.75, 3.05) is 25.2 Å². The van der Waals surface area contributed by atoms with Gasteiger partial charge < -0.3 is 14.0 Å². The molecule has 0 aliphatic rings. The summed E-state index contributed by atoms with van der Waals surface area (Å²) in [5.41, 5.74) is 1.81. The van der Waals surface area contributed by atoms with Gasteiger partial charge in [-0.25, -0.2) is 8.42 Å². The first-order chi connectivity index (χ1) is 12.4. The lowest BCUT2D eigenvalue weighted by molar-refractivity contribution is 0.393. The third-order valence-electron chi connectivity index (χ3n) is 3.47. The van der Waals surface area contributed by atoms with Crippen LogP contribution in [0.4, 0.5) is 5.69 Å². The zero-order valence-electron chi connectivity index (χ0n) is 14.4. The van der Waals surface area contributed by atoms with Gasteiger partial charge in [0.25, 0.3) is 5.89 Å². The van der Waals surface area contributed by atoms with Crippen LogP contribution in [0.25, 0.3) is 22.8 Å². The molecule has 0 saturated carbocycles. The number of hydrogen-bond acceptors (Lipinski definition) is 7. The van der Waals surface area contributed by atoms with Crippen LogP contribution in [-0.4, -0.2) is 39.0 Å². The van der Waals surface area contributed by atoms with Crippen LogP contribution in [0.3, 0.4) is 0 Å². The van der Waals surface area contributed by atoms with Gasteiger partial charge in [0.05, 0.1) is 20.5 Å². The standard InChI is InChI=1S/C17H17N3O5S/c1-23-14-8-12(9-15(10-14)24-2)17-18-16(19-25-17)11-4-6-13(7-5-11)20-26(3,21)22/h4-10,20H,1-3H3. The van der Waals surface area contributed by atoms with Crippen LogP contribution < -0.4 is 14.2 Å². The number of ether oxygens (including phenoxy) is 2. The van der Waals surface area contributed by atoms with Crippen LogP contribution in [0.1, 0.15) is 0 Å². The molecule has 0 saturated heterocycles. The van der Waals surface area contributed by atoms with E-state index in [2.05, 4.69) is 14.9 Å². The third kappa shape index (κ3) is 4.12. The van der Waals surface area contributed by atoms with Crippen molar-refractivity contribution in [3.05, 3.63) is 42.5 Å². The second kappa shape index (κ2) is 7.04. The molecule has 1 aromatic heterocycles. The first kappa shape index (κ1) is 17.7. The topological polar surface area (TPSA) is 104 Å². The normalized spacial score (nSPS) is 11.2.